The second kappa shape index (κ2) is 7.67. The molecule has 0 aliphatic rings. The molecule has 5 heteroatoms. The minimum absolute atomic E-state index is 0.239. The third-order valence-electron chi connectivity index (χ3n) is 3.90. The summed E-state index contributed by atoms with van der Waals surface area (Å²) < 4.78 is 32.6. The van der Waals surface area contributed by atoms with Gasteiger partial charge in [-0.3, -0.25) is 11.3 Å². The lowest BCUT2D eigenvalue weighted by Crippen LogP contribution is -2.55. The first kappa shape index (κ1) is 17.0. The van der Waals surface area contributed by atoms with Crippen molar-refractivity contribution >= 4 is 0 Å². The largest absolute Gasteiger partial charge is 0.374 e. The molecule has 1 unspecified atom stereocenters. The van der Waals surface area contributed by atoms with Gasteiger partial charge in [0.1, 0.15) is 11.6 Å². The van der Waals surface area contributed by atoms with Crippen molar-refractivity contribution in [2.24, 2.45) is 5.84 Å². The number of nitrogens with one attached hydrogen (secondary N) is 1. The SMILES string of the molecule is CCOC(CC)(CC)C(Cc1ccc(F)cc1F)NN. The van der Waals surface area contributed by atoms with Crippen LogP contribution >= 0.6 is 0 Å². The third-order valence-corrected chi connectivity index (χ3v) is 3.90. The summed E-state index contributed by atoms with van der Waals surface area (Å²) in [6.07, 6.45) is 1.87. The van der Waals surface area contributed by atoms with Gasteiger partial charge in [0.15, 0.2) is 0 Å². The number of halogens is 2. The lowest BCUT2D eigenvalue weighted by atomic mass is 9.84. The molecular weight excluding hydrogens is 262 g/mol. The zero-order valence-corrected chi connectivity index (χ0v) is 12.4. The molecule has 1 rings (SSSR count). The molecule has 0 saturated heterocycles. The Kier molecular flexibility index (Phi) is 6.52. The Morgan fingerprint density at radius 2 is 1.90 bits per heavy atom. The zero-order valence-electron chi connectivity index (χ0n) is 12.4. The molecule has 0 aliphatic carbocycles. The van der Waals surface area contributed by atoms with Gasteiger partial charge in [-0.15, -0.1) is 0 Å². The Bertz CT molecular complexity index is 422. The fraction of sp³-hybridized carbons (Fsp3) is 0.600. The fourth-order valence-corrected chi connectivity index (χ4v) is 2.64. The molecule has 0 fully saturated rings. The molecule has 0 heterocycles. The molecule has 0 bridgehead atoms. The fourth-order valence-electron chi connectivity index (χ4n) is 2.64. The molecule has 20 heavy (non-hydrogen) atoms. The maximum absolute atomic E-state index is 13.8. The van der Waals surface area contributed by atoms with Crippen LogP contribution in [0.4, 0.5) is 8.78 Å². The molecule has 1 aromatic carbocycles. The van der Waals surface area contributed by atoms with Gasteiger partial charge in [-0.1, -0.05) is 19.9 Å². The number of rotatable bonds is 8. The smallest absolute Gasteiger partial charge is 0.129 e. The molecule has 0 radical (unpaired) electrons. The molecule has 114 valence electrons. The first-order chi connectivity index (χ1) is 9.52. The summed E-state index contributed by atoms with van der Waals surface area (Å²) in [5.41, 5.74) is 2.71. The first-order valence-electron chi connectivity index (χ1n) is 7.07. The highest BCUT2D eigenvalue weighted by atomic mass is 19.1. The number of benzene rings is 1. The van der Waals surface area contributed by atoms with E-state index >= 15 is 0 Å². The summed E-state index contributed by atoms with van der Waals surface area (Å²) >= 11 is 0. The van der Waals surface area contributed by atoms with Crippen LogP contribution in [0.5, 0.6) is 0 Å². The highest BCUT2D eigenvalue weighted by molar-refractivity contribution is 5.20. The van der Waals surface area contributed by atoms with Crippen molar-refractivity contribution in [3.05, 3.63) is 35.4 Å². The molecule has 0 amide bonds. The first-order valence-corrected chi connectivity index (χ1v) is 7.07. The van der Waals surface area contributed by atoms with Gasteiger partial charge in [0.25, 0.3) is 0 Å². The maximum Gasteiger partial charge on any atom is 0.129 e. The zero-order chi connectivity index (χ0) is 15.2. The van der Waals surface area contributed by atoms with Crippen LogP contribution in [-0.2, 0) is 11.2 Å². The second-order valence-corrected chi connectivity index (χ2v) is 4.86. The van der Waals surface area contributed by atoms with E-state index in [0.29, 0.717) is 18.6 Å². The van der Waals surface area contributed by atoms with Crippen molar-refractivity contribution in [2.45, 2.75) is 51.7 Å². The molecule has 3 nitrogen and oxygen atoms in total. The summed E-state index contributed by atoms with van der Waals surface area (Å²) in [6, 6.07) is 3.37. The lowest BCUT2D eigenvalue weighted by Gasteiger charge is -2.39. The van der Waals surface area contributed by atoms with E-state index in [4.69, 9.17) is 10.6 Å². The van der Waals surface area contributed by atoms with Crippen LogP contribution in [0.3, 0.4) is 0 Å². The minimum Gasteiger partial charge on any atom is -0.374 e. The van der Waals surface area contributed by atoms with Gasteiger partial charge in [0.05, 0.1) is 11.6 Å². The van der Waals surface area contributed by atoms with E-state index in [1.807, 2.05) is 20.8 Å². The standard InChI is InChI=1S/C15H24F2N2O/c1-4-15(5-2,20-6-3)14(19-18)9-11-7-8-12(16)10-13(11)17/h7-8,10,14,19H,4-6,9,18H2,1-3H3. The van der Waals surface area contributed by atoms with Crippen molar-refractivity contribution in [2.75, 3.05) is 6.61 Å². The van der Waals surface area contributed by atoms with Crippen molar-refractivity contribution in [3.8, 4) is 0 Å². The number of ether oxygens (including phenoxy) is 1. The van der Waals surface area contributed by atoms with Crippen LogP contribution < -0.4 is 11.3 Å². The van der Waals surface area contributed by atoms with Crippen molar-refractivity contribution in [3.63, 3.8) is 0 Å². The van der Waals surface area contributed by atoms with Crippen LogP contribution in [0.2, 0.25) is 0 Å². The van der Waals surface area contributed by atoms with Gasteiger partial charge in [0.2, 0.25) is 0 Å². The summed E-state index contributed by atoms with van der Waals surface area (Å²) in [6.45, 7) is 6.52. The monoisotopic (exact) mass is 286 g/mol. The van der Waals surface area contributed by atoms with Crippen molar-refractivity contribution in [1.82, 2.24) is 5.43 Å². The van der Waals surface area contributed by atoms with Gasteiger partial charge in [-0.2, -0.15) is 0 Å². The lowest BCUT2D eigenvalue weighted by molar-refractivity contribution is -0.0720. The molecule has 0 spiro atoms. The Hall–Kier alpha value is -1.04. The van der Waals surface area contributed by atoms with Crippen LogP contribution in [-0.4, -0.2) is 18.2 Å². The van der Waals surface area contributed by atoms with Gasteiger partial charge < -0.3 is 4.74 Å². The minimum atomic E-state index is -0.578. The van der Waals surface area contributed by atoms with Crippen LogP contribution in [0.1, 0.15) is 39.2 Å². The topological polar surface area (TPSA) is 47.3 Å². The Labute approximate surface area is 119 Å². The summed E-state index contributed by atoms with van der Waals surface area (Å²) in [7, 11) is 0. The van der Waals surface area contributed by atoms with Crippen molar-refractivity contribution in [1.29, 1.82) is 0 Å². The second-order valence-electron chi connectivity index (χ2n) is 4.86. The number of hydrazine groups is 1. The molecule has 0 aromatic heterocycles. The van der Waals surface area contributed by atoms with Crippen LogP contribution in [0.15, 0.2) is 18.2 Å². The van der Waals surface area contributed by atoms with Gasteiger partial charge in [-0.25, -0.2) is 8.78 Å². The van der Waals surface area contributed by atoms with E-state index in [1.165, 1.54) is 12.1 Å². The average molecular weight is 286 g/mol. The van der Waals surface area contributed by atoms with E-state index < -0.39 is 17.2 Å². The van der Waals surface area contributed by atoms with Crippen LogP contribution in [0, 0.1) is 11.6 Å². The molecular formula is C15H24F2N2O. The molecule has 0 aliphatic heterocycles. The highest BCUT2D eigenvalue weighted by Gasteiger charge is 2.36. The summed E-state index contributed by atoms with van der Waals surface area (Å²) in [4.78, 5) is 0. The molecule has 3 N–H and O–H groups in total. The van der Waals surface area contributed by atoms with E-state index in [0.717, 1.165) is 18.9 Å². The predicted octanol–water partition coefficient (Wildman–Crippen LogP) is 2.93. The van der Waals surface area contributed by atoms with E-state index in [2.05, 4.69) is 5.43 Å². The Morgan fingerprint density at radius 1 is 1.25 bits per heavy atom. The Balaban J connectivity index is 2.99. The average Bonchev–Trinajstić information content (AvgIpc) is 2.44. The molecule has 1 aromatic rings. The third kappa shape index (κ3) is 3.75. The predicted molar refractivity (Wildman–Crippen MR) is 76.1 cm³/mol. The number of nitrogens with two attached hydrogens (primary N) is 1. The normalized spacial score (nSPS) is 13.5. The van der Waals surface area contributed by atoms with Crippen LogP contribution in [0.25, 0.3) is 0 Å². The van der Waals surface area contributed by atoms with Crippen molar-refractivity contribution < 1.29 is 13.5 Å². The molecule has 1 atom stereocenters. The van der Waals surface area contributed by atoms with E-state index in [1.54, 1.807) is 0 Å². The summed E-state index contributed by atoms with van der Waals surface area (Å²) in [5, 5.41) is 0. The summed E-state index contributed by atoms with van der Waals surface area (Å²) in [5.74, 6) is 4.51. The van der Waals surface area contributed by atoms with E-state index in [9.17, 15) is 8.78 Å². The number of hydrogen-bond donors (Lipinski definition) is 2. The molecule has 0 saturated carbocycles. The maximum atomic E-state index is 13.8. The van der Waals surface area contributed by atoms with Gasteiger partial charge in [-0.05, 0) is 37.8 Å². The van der Waals surface area contributed by atoms with Gasteiger partial charge in [0, 0.05) is 12.7 Å². The number of hydrogen-bond acceptors (Lipinski definition) is 3. The Morgan fingerprint density at radius 3 is 2.35 bits per heavy atom. The van der Waals surface area contributed by atoms with Gasteiger partial charge >= 0.3 is 0 Å². The highest BCUT2D eigenvalue weighted by Crippen LogP contribution is 2.27. The quantitative estimate of drug-likeness (QED) is 0.570. The van der Waals surface area contributed by atoms with E-state index in [-0.39, 0.29) is 6.04 Å².